The molecule has 1 N–H and O–H groups in total. The lowest BCUT2D eigenvalue weighted by molar-refractivity contribution is 0.0728. The highest BCUT2D eigenvalue weighted by Crippen LogP contribution is 2.24. The van der Waals surface area contributed by atoms with Gasteiger partial charge in [0.15, 0.2) is 0 Å². The maximum Gasteiger partial charge on any atom is 0.257 e. The molecule has 110 valence electrons. The number of methoxy groups -OCH3 is 1. The molecule has 1 aromatic carbocycles. The Balaban J connectivity index is 2.14. The van der Waals surface area contributed by atoms with Crippen molar-refractivity contribution in [2.45, 2.75) is 0 Å². The lowest BCUT2D eigenvalue weighted by Crippen LogP contribution is -2.46. The third kappa shape index (κ3) is 3.85. The van der Waals surface area contributed by atoms with Crippen LogP contribution in [0.15, 0.2) is 18.2 Å². The summed E-state index contributed by atoms with van der Waals surface area (Å²) in [5.74, 6) is 0.511. The summed E-state index contributed by atoms with van der Waals surface area (Å²) in [5.41, 5.74) is 0.510. The van der Waals surface area contributed by atoms with Gasteiger partial charge in [-0.2, -0.15) is 0 Å². The largest absolute Gasteiger partial charge is 0.490 e. The molecule has 5 nitrogen and oxygen atoms in total. The maximum atomic E-state index is 12.5. The molecule has 1 amide bonds. The summed E-state index contributed by atoms with van der Waals surface area (Å²) >= 11 is 6.00. The van der Waals surface area contributed by atoms with E-state index in [2.05, 4.69) is 5.32 Å². The Kier molecular flexibility index (Phi) is 5.64. The van der Waals surface area contributed by atoms with Crippen molar-refractivity contribution in [3.05, 3.63) is 28.8 Å². The second-order valence-corrected chi connectivity index (χ2v) is 4.96. The molecule has 1 aromatic rings. The van der Waals surface area contributed by atoms with Crippen molar-refractivity contribution in [3.63, 3.8) is 0 Å². The van der Waals surface area contributed by atoms with E-state index in [1.807, 2.05) is 4.90 Å². The average Bonchev–Trinajstić information content (AvgIpc) is 2.49. The molecule has 1 aliphatic heterocycles. The normalized spacial score (nSPS) is 15.2. The van der Waals surface area contributed by atoms with Crippen LogP contribution >= 0.6 is 11.6 Å². The zero-order chi connectivity index (χ0) is 14.4. The van der Waals surface area contributed by atoms with E-state index in [9.17, 15) is 4.79 Å². The summed E-state index contributed by atoms with van der Waals surface area (Å²) in [7, 11) is 1.61. The third-order valence-corrected chi connectivity index (χ3v) is 3.36. The minimum Gasteiger partial charge on any atom is -0.490 e. The van der Waals surface area contributed by atoms with Crippen LogP contribution in [0.2, 0.25) is 5.02 Å². The number of carbonyl (C=O) groups is 1. The first-order valence-corrected chi connectivity index (χ1v) is 7.01. The molecule has 20 heavy (non-hydrogen) atoms. The Morgan fingerprint density at radius 2 is 2.10 bits per heavy atom. The maximum absolute atomic E-state index is 12.5. The Bertz CT molecular complexity index is 462. The molecule has 0 aromatic heterocycles. The van der Waals surface area contributed by atoms with Crippen LogP contribution in [0.1, 0.15) is 10.4 Å². The van der Waals surface area contributed by atoms with Gasteiger partial charge in [-0.15, -0.1) is 0 Å². The molecule has 0 saturated carbocycles. The smallest absolute Gasteiger partial charge is 0.257 e. The lowest BCUT2D eigenvalue weighted by atomic mass is 10.1. The van der Waals surface area contributed by atoms with Crippen molar-refractivity contribution < 1.29 is 14.3 Å². The highest BCUT2D eigenvalue weighted by atomic mass is 35.5. The van der Waals surface area contributed by atoms with Crippen LogP contribution in [0.3, 0.4) is 0 Å². The molecule has 0 atom stereocenters. The summed E-state index contributed by atoms with van der Waals surface area (Å²) in [5, 5.41) is 3.75. The first kappa shape index (κ1) is 15.1. The lowest BCUT2D eigenvalue weighted by Gasteiger charge is -2.28. The van der Waals surface area contributed by atoms with E-state index in [4.69, 9.17) is 21.1 Å². The topological polar surface area (TPSA) is 50.8 Å². The van der Waals surface area contributed by atoms with Gasteiger partial charge in [0.1, 0.15) is 12.4 Å². The summed E-state index contributed by atoms with van der Waals surface area (Å²) in [6.07, 6.45) is 0. The van der Waals surface area contributed by atoms with Crippen LogP contribution in [0.4, 0.5) is 0 Å². The van der Waals surface area contributed by atoms with E-state index in [1.165, 1.54) is 0 Å². The molecule has 0 unspecified atom stereocenters. The summed E-state index contributed by atoms with van der Waals surface area (Å²) in [4.78, 5) is 14.3. The number of rotatable bonds is 5. The van der Waals surface area contributed by atoms with E-state index >= 15 is 0 Å². The van der Waals surface area contributed by atoms with Crippen LogP contribution in [-0.2, 0) is 4.74 Å². The number of benzene rings is 1. The molecule has 0 spiro atoms. The minimum atomic E-state index is -0.0404. The Labute approximate surface area is 123 Å². The SMILES string of the molecule is COCCOc1ccc(Cl)cc1C(=O)N1CCNCC1. The van der Waals surface area contributed by atoms with Crippen LogP contribution < -0.4 is 10.1 Å². The number of nitrogens with one attached hydrogen (secondary N) is 1. The zero-order valence-corrected chi connectivity index (χ0v) is 12.3. The Hall–Kier alpha value is -1.30. The molecule has 1 heterocycles. The number of hydrogen-bond donors (Lipinski definition) is 1. The van der Waals surface area contributed by atoms with Crippen molar-refractivity contribution in [3.8, 4) is 5.75 Å². The second kappa shape index (κ2) is 7.47. The van der Waals surface area contributed by atoms with Gasteiger partial charge < -0.3 is 19.7 Å². The van der Waals surface area contributed by atoms with Crippen LogP contribution in [0.25, 0.3) is 0 Å². The van der Waals surface area contributed by atoms with Gasteiger partial charge in [0.25, 0.3) is 5.91 Å². The van der Waals surface area contributed by atoms with Crippen LogP contribution in [0, 0.1) is 0 Å². The van der Waals surface area contributed by atoms with Gasteiger partial charge in [-0.05, 0) is 18.2 Å². The second-order valence-electron chi connectivity index (χ2n) is 4.52. The quantitative estimate of drug-likeness (QED) is 0.835. The van der Waals surface area contributed by atoms with Gasteiger partial charge >= 0.3 is 0 Å². The summed E-state index contributed by atoms with van der Waals surface area (Å²) in [6.45, 7) is 3.90. The molecule has 1 fully saturated rings. The molecular weight excluding hydrogens is 280 g/mol. The fourth-order valence-corrected chi connectivity index (χ4v) is 2.24. The molecule has 0 bridgehead atoms. The average molecular weight is 299 g/mol. The number of hydrogen-bond acceptors (Lipinski definition) is 4. The number of piperazine rings is 1. The molecular formula is C14H19ClN2O3. The number of amides is 1. The molecule has 1 aliphatic rings. The van der Waals surface area contributed by atoms with Crippen LogP contribution in [0.5, 0.6) is 5.75 Å². The van der Waals surface area contributed by atoms with Gasteiger partial charge in [0.2, 0.25) is 0 Å². The number of nitrogens with zero attached hydrogens (tertiary/aromatic N) is 1. The van der Waals surface area contributed by atoms with Crippen molar-refractivity contribution in [1.82, 2.24) is 10.2 Å². The summed E-state index contributed by atoms with van der Waals surface area (Å²) in [6, 6.07) is 5.11. The predicted molar refractivity (Wildman–Crippen MR) is 77.6 cm³/mol. The minimum absolute atomic E-state index is 0.0404. The number of halogens is 1. The third-order valence-electron chi connectivity index (χ3n) is 3.12. The fourth-order valence-electron chi connectivity index (χ4n) is 2.07. The van der Waals surface area contributed by atoms with Gasteiger partial charge in [0.05, 0.1) is 12.2 Å². The molecule has 2 rings (SSSR count). The van der Waals surface area contributed by atoms with E-state index in [1.54, 1.807) is 25.3 Å². The fraction of sp³-hybridized carbons (Fsp3) is 0.500. The first-order chi connectivity index (χ1) is 9.72. The van der Waals surface area contributed by atoms with Crippen molar-refractivity contribution in [2.75, 3.05) is 46.5 Å². The van der Waals surface area contributed by atoms with E-state index < -0.39 is 0 Å². The standard InChI is InChI=1S/C14H19ClN2O3/c1-19-8-9-20-13-3-2-11(15)10-12(13)14(18)17-6-4-16-5-7-17/h2-3,10,16H,4-9H2,1H3. The highest BCUT2D eigenvalue weighted by molar-refractivity contribution is 6.31. The number of ether oxygens (including phenoxy) is 2. The molecule has 0 radical (unpaired) electrons. The molecule has 6 heteroatoms. The molecule has 1 saturated heterocycles. The van der Waals surface area contributed by atoms with Crippen molar-refractivity contribution in [2.24, 2.45) is 0 Å². The monoisotopic (exact) mass is 298 g/mol. The van der Waals surface area contributed by atoms with E-state index in [-0.39, 0.29) is 5.91 Å². The molecule has 0 aliphatic carbocycles. The van der Waals surface area contributed by atoms with E-state index in [0.717, 1.165) is 13.1 Å². The zero-order valence-electron chi connectivity index (χ0n) is 11.5. The predicted octanol–water partition coefficient (Wildman–Crippen LogP) is 1.41. The van der Waals surface area contributed by atoms with Gasteiger partial charge in [0, 0.05) is 38.3 Å². The Morgan fingerprint density at radius 3 is 2.80 bits per heavy atom. The number of carbonyl (C=O) groups excluding carboxylic acids is 1. The van der Waals surface area contributed by atoms with E-state index in [0.29, 0.717) is 42.6 Å². The van der Waals surface area contributed by atoms with Gasteiger partial charge in [-0.1, -0.05) is 11.6 Å². The van der Waals surface area contributed by atoms with Crippen molar-refractivity contribution in [1.29, 1.82) is 0 Å². The first-order valence-electron chi connectivity index (χ1n) is 6.63. The van der Waals surface area contributed by atoms with Crippen molar-refractivity contribution >= 4 is 17.5 Å². The Morgan fingerprint density at radius 1 is 1.35 bits per heavy atom. The highest BCUT2D eigenvalue weighted by Gasteiger charge is 2.21. The van der Waals surface area contributed by atoms with Crippen LogP contribution in [-0.4, -0.2) is 57.3 Å². The van der Waals surface area contributed by atoms with Gasteiger partial charge in [-0.25, -0.2) is 0 Å². The summed E-state index contributed by atoms with van der Waals surface area (Å²) < 4.78 is 10.5. The van der Waals surface area contributed by atoms with Gasteiger partial charge in [-0.3, -0.25) is 4.79 Å².